The van der Waals surface area contributed by atoms with Crippen LogP contribution in [0.5, 0.6) is 0 Å². The summed E-state index contributed by atoms with van der Waals surface area (Å²) in [4.78, 5) is 4.09. The van der Waals surface area contributed by atoms with E-state index in [2.05, 4.69) is 67.7 Å². The standard InChI is InChI=1S/C20H42N2O4Si2/c1-19(2,3)27(7,8)25-11-13-15-17(23)22-14(16(22)18(24)21(13)15)12-26-28(9,10)20(4,5)6/h13-18,23-24H,11-12H2,1-10H3/t13-,14-,15-,16+,17+,18+,21?,22?/m1/s1. The van der Waals surface area contributed by atoms with Crippen molar-refractivity contribution in [1.29, 1.82) is 0 Å². The molecule has 3 rings (SSSR count). The Morgan fingerprint density at radius 3 is 1.21 bits per heavy atom. The normalized spacial score (nSPS) is 40.7. The van der Waals surface area contributed by atoms with Gasteiger partial charge in [-0.3, -0.25) is 9.80 Å². The third kappa shape index (κ3) is 3.79. The van der Waals surface area contributed by atoms with Gasteiger partial charge >= 0.3 is 0 Å². The second-order valence-corrected chi connectivity index (χ2v) is 21.6. The van der Waals surface area contributed by atoms with Crippen molar-refractivity contribution in [2.75, 3.05) is 13.2 Å². The summed E-state index contributed by atoms with van der Waals surface area (Å²) in [7, 11) is -3.65. The summed E-state index contributed by atoms with van der Waals surface area (Å²) < 4.78 is 12.7. The van der Waals surface area contributed by atoms with Crippen LogP contribution in [0.3, 0.4) is 0 Å². The number of rotatable bonds is 6. The lowest BCUT2D eigenvalue weighted by Crippen LogP contribution is -2.42. The van der Waals surface area contributed by atoms with Gasteiger partial charge in [0.1, 0.15) is 12.5 Å². The van der Waals surface area contributed by atoms with Crippen LogP contribution >= 0.6 is 0 Å². The Balaban J connectivity index is 1.55. The van der Waals surface area contributed by atoms with E-state index < -0.39 is 29.1 Å². The summed E-state index contributed by atoms with van der Waals surface area (Å²) >= 11 is 0. The van der Waals surface area contributed by atoms with E-state index in [0.29, 0.717) is 13.2 Å². The van der Waals surface area contributed by atoms with E-state index in [-0.39, 0.29) is 34.2 Å². The molecular weight excluding hydrogens is 388 g/mol. The van der Waals surface area contributed by atoms with Crippen LogP contribution in [0.4, 0.5) is 0 Å². The van der Waals surface area contributed by atoms with E-state index in [9.17, 15) is 10.2 Å². The molecule has 0 aromatic carbocycles. The lowest BCUT2D eigenvalue weighted by atomic mass is 10.2. The van der Waals surface area contributed by atoms with Gasteiger partial charge < -0.3 is 19.1 Å². The minimum atomic E-state index is -1.83. The summed E-state index contributed by atoms with van der Waals surface area (Å²) in [5.41, 5.74) is 0. The predicted molar refractivity (Wildman–Crippen MR) is 117 cm³/mol. The van der Waals surface area contributed by atoms with Crippen molar-refractivity contribution in [2.24, 2.45) is 0 Å². The number of hydrogen-bond acceptors (Lipinski definition) is 6. The van der Waals surface area contributed by atoms with E-state index in [4.69, 9.17) is 8.85 Å². The van der Waals surface area contributed by atoms with Crippen molar-refractivity contribution in [3.8, 4) is 0 Å². The summed E-state index contributed by atoms with van der Waals surface area (Å²) in [6.45, 7) is 23.6. The highest BCUT2D eigenvalue weighted by atomic mass is 28.4. The highest BCUT2D eigenvalue weighted by Crippen LogP contribution is 2.51. The first-order chi connectivity index (χ1) is 12.5. The van der Waals surface area contributed by atoms with E-state index in [1.807, 2.05) is 9.80 Å². The molecule has 0 bridgehead atoms. The van der Waals surface area contributed by atoms with Crippen molar-refractivity contribution in [1.82, 2.24) is 9.80 Å². The Morgan fingerprint density at radius 2 is 0.964 bits per heavy atom. The van der Waals surface area contributed by atoms with Gasteiger partial charge in [0, 0.05) is 0 Å². The van der Waals surface area contributed by atoms with Crippen LogP contribution in [0.1, 0.15) is 41.5 Å². The number of nitrogens with zero attached hydrogens (tertiary/aromatic N) is 2. The van der Waals surface area contributed by atoms with E-state index in [1.165, 1.54) is 0 Å². The summed E-state index contributed by atoms with van der Waals surface area (Å²) in [6.07, 6.45) is -1.07. The highest BCUT2D eigenvalue weighted by molar-refractivity contribution is 6.74. The smallest absolute Gasteiger partial charge is 0.192 e. The van der Waals surface area contributed by atoms with E-state index >= 15 is 0 Å². The monoisotopic (exact) mass is 430 g/mol. The molecule has 28 heavy (non-hydrogen) atoms. The molecule has 3 saturated heterocycles. The maximum absolute atomic E-state index is 10.9. The van der Waals surface area contributed by atoms with Gasteiger partial charge in [-0.05, 0) is 36.3 Å². The molecule has 2 N–H and O–H groups in total. The van der Waals surface area contributed by atoms with Gasteiger partial charge in [-0.15, -0.1) is 0 Å². The number of fused-ring (bicyclic) bond motifs is 2. The number of aliphatic hydroxyl groups is 2. The average molecular weight is 431 g/mol. The van der Waals surface area contributed by atoms with Gasteiger partial charge in [0.2, 0.25) is 0 Å². The molecule has 3 heterocycles. The SMILES string of the molecule is CC(C)(C)[Si](C)(C)OC[C@@H]1[C@@H]2[C@H](O)N3[C@@H]([C@H]3CO[Si](C)(C)C(C)(C)C)[C@H](O)N21. The van der Waals surface area contributed by atoms with Gasteiger partial charge in [0.25, 0.3) is 0 Å². The fourth-order valence-electron chi connectivity index (χ4n) is 3.83. The first-order valence-corrected chi connectivity index (χ1v) is 16.5. The molecule has 8 atom stereocenters. The first kappa shape index (κ1) is 22.9. The largest absolute Gasteiger partial charge is 0.415 e. The minimum Gasteiger partial charge on any atom is -0.415 e. The first-order valence-electron chi connectivity index (χ1n) is 10.7. The van der Waals surface area contributed by atoms with Crippen molar-refractivity contribution in [2.45, 2.75) is 114 Å². The van der Waals surface area contributed by atoms with Crippen LogP contribution in [0.2, 0.25) is 36.3 Å². The molecule has 2 unspecified atom stereocenters. The van der Waals surface area contributed by atoms with Crippen molar-refractivity contribution in [3.05, 3.63) is 0 Å². The van der Waals surface area contributed by atoms with Crippen LogP contribution in [0.25, 0.3) is 0 Å². The average Bonchev–Trinajstić information content (AvgIpc) is 3.39. The highest BCUT2D eigenvalue weighted by Gasteiger charge is 2.72. The summed E-state index contributed by atoms with van der Waals surface area (Å²) in [6, 6.07) is 0.200. The third-order valence-corrected chi connectivity index (χ3v) is 17.1. The number of piperazine rings is 1. The molecule has 3 aliphatic heterocycles. The quantitative estimate of drug-likeness (QED) is 0.499. The molecule has 0 aliphatic carbocycles. The zero-order chi connectivity index (χ0) is 21.4. The van der Waals surface area contributed by atoms with Gasteiger partial charge in [0.05, 0.1) is 37.4 Å². The predicted octanol–water partition coefficient (Wildman–Crippen LogP) is 2.79. The molecule has 0 amide bonds. The van der Waals surface area contributed by atoms with Crippen LogP contribution in [0.15, 0.2) is 0 Å². The lowest BCUT2D eigenvalue weighted by molar-refractivity contribution is -0.0382. The molecule has 3 aliphatic rings. The molecule has 0 aromatic rings. The Morgan fingerprint density at radius 1 is 0.679 bits per heavy atom. The van der Waals surface area contributed by atoms with Gasteiger partial charge in [-0.2, -0.15) is 0 Å². The second-order valence-electron chi connectivity index (χ2n) is 12.0. The maximum Gasteiger partial charge on any atom is 0.192 e. The number of hydrogen-bond donors (Lipinski definition) is 2. The van der Waals surface area contributed by atoms with Gasteiger partial charge in [0.15, 0.2) is 16.6 Å². The maximum atomic E-state index is 10.9. The molecule has 3 fully saturated rings. The second kappa shape index (κ2) is 6.85. The Hall–Kier alpha value is 0.194. The molecule has 6 nitrogen and oxygen atoms in total. The number of aliphatic hydroxyl groups excluding tert-OH is 2. The molecule has 0 aromatic heterocycles. The van der Waals surface area contributed by atoms with Gasteiger partial charge in [-0.1, -0.05) is 41.5 Å². The Kier molecular flexibility index (Phi) is 5.59. The topological polar surface area (TPSA) is 64.9 Å². The minimum absolute atomic E-state index is 0.0195. The van der Waals surface area contributed by atoms with Crippen LogP contribution in [0, 0.1) is 0 Å². The Bertz CT molecular complexity index is 530. The van der Waals surface area contributed by atoms with Crippen molar-refractivity contribution < 1.29 is 19.1 Å². The molecule has 0 saturated carbocycles. The molecule has 0 radical (unpaired) electrons. The fraction of sp³-hybridized carbons (Fsp3) is 1.00. The zero-order valence-corrected chi connectivity index (χ0v) is 21.5. The summed E-state index contributed by atoms with van der Waals surface area (Å²) in [5, 5.41) is 22.0. The molecule has 164 valence electrons. The van der Waals surface area contributed by atoms with E-state index in [1.54, 1.807) is 0 Å². The molecule has 8 heteroatoms. The van der Waals surface area contributed by atoms with E-state index in [0.717, 1.165) is 0 Å². The van der Waals surface area contributed by atoms with Crippen LogP contribution in [-0.2, 0) is 8.85 Å². The molecular formula is C20H42N2O4Si2. The lowest BCUT2D eigenvalue weighted by Gasteiger charge is -2.36. The zero-order valence-electron chi connectivity index (χ0n) is 19.5. The van der Waals surface area contributed by atoms with Crippen molar-refractivity contribution in [3.63, 3.8) is 0 Å². The molecule has 0 spiro atoms. The van der Waals surface area contributed by atoms with Gasteiger partial charge in [-0.25, -0.2) is 0 Å². The van der Waals surface area contributed by atoms with Crippen molar-refractivity contribution >= 4 is 16.6 Å². The third-order valence-electron chi connectivity index (χ3n) is 8.13. The van der Waals surface area contributed by atoms with Crippen LogP contribution in [-0.4, -0.2) is 86.5 Å². The van der Waals surface area contributed by atoms with Crippen LogP contribution < -0.4 is 0 Å². The summed E-state index contributed by atoms with van der Waals surface area (Å²) in [5.74, 6) is 0. The fourth-order valence-corrected chi connectivity index (χ4v) is 5.87. The Labute approximate surface area is 173 Å².